The van der Waals surface area contributed by atoms with Gasteiger partial charge in [-0.2, -0.15) is 0 Å². The van der Waals surface area contributed by atoms with Gasteiger partial charge in [-0.15, -0.1) is 0 Å². The number of nitrogens with one attached hydrogen (secondary N) is 1. The molecule has 2 aliphatic heterocycles. The van der Waals surface area contributed by atoms with Crippen LogP contribution >= 0.6 is 0 Å². The summed E-state index contributed by atoms with van der Waals surface area (Å²) in [5.74, 6) is 0.0928. The van der Waals surface area contributed by atoms with Crippen LogP contribution in [0.3, 0.4) is 0 Å². The third kappa shape index (κ3) is 3.46. The SMILES string of the molecule is CN1[C@@H](CC(=O)O)CC[C@H]1CNC(=O)c1cccc2c1OCCO2. The molecule has 0 saturated carbocycles. The van der Waals surface area contributed by atoms with Crippen molar-refractivity contribution < 1.29 is 24.2 Å². The largest absolute Gasteiger partial charge is 0.486 e. The van der Waals surface area contributed by atoms with Crippen molar-refractivity contribution in [3.8, 4) is 11.5 Å². The smallest absolute Gasteiger partial charge is 0.304 e. The van der Waals surface area contributed by atoms with Crippen molar-refractivity contribution in [3.05, 3.63) is 23.8 Å². The highest BCUT2D eigenvalue weighted by molar-refractivity contribution is 5.97. The van der Waals surface area contributed by atoms with Gasteiger partial charge in [0.15, 0.2) is 11.5 Å². The Morgan fingerprint density at radius 1 is 1.25 bits per heavy atom. The van der Waals surface area contributed by atoms with Gasteiger partial charge in [0.2, 0.25) is 0 Å². The predicted molar refractivity (Wildman–Crippen MR) is 86.6 cm³/mol. The molecule has 0 bridgehead atoms. The van der Waals surface area contributed by atoms with Gasteiger partial charge in [0.1, 0.15) is 13.2 Å². The normalized spacial score (nSPS) is 23.0. The Morgan fingerprint density at radius 2 is 2.00 bits per heavy atom. The second-order valence-electron chi connectivity index (χ2n) is 6.19. The Bertz CT molecular complexity index is 633. The van der Waals surface area contributed by atoms with E-state index in [1.165, 1.54) is 0 Å². The molecule has 1 amide bonds. The Balaban J connectivity index is 1.60. The summed E-state index contributed by atoms with van der Waals surface area (Å²) in [5, 5.41) is 11.9. The third-order valence-electron chi connectivity index (χ3n) is 4.70. The van der Waals surface area contributed by atoms with Crippen LogP contribution < -0.4 is 14.8 Å². The molecular weight excluding hydrogens is 312 g/mol. The number of hydrogen-bond donors (Lipinski definition) is 2. The first kappa shape index (κ1) is 16.6. The summed E-state index contributed by atoms with van der Waals surface area (Å²) in [5.41, 5.74) is 0.468. The molecule has 2 heterocycles. The van der Waals surface area contributed by atoms with Gasteiger partial charge in [-0.25, -0.2) is 0 Å². The second-order valence-corrected chi connectivity index (χ2v) is 6.19. The van der Waals surface area contributed by atoms with Crippen molar-refractivity contribution >= 4 is 11.9 Å². The van der Waals surface area contributed by atoms with Crippen molar-refractivity contribution in [2.75, 3.05) is 26.8 Å². The first-order chi connectivity index (χ1) is 11.6. The van der Waals surface area contributed by atoms with E-state index in [1.807, 2.05) is 7.05 Å². The molecule has 0 aliphatic carbocycles. The number of carbonyl (C=O) groups excluding carboxylic acids is 1. The van der Waals surface area contributed by atoms with Crippen molar-refractivity contribution in [1.82, 2.24) is 10.2 Å². The lowest BCUT2D eigenvalue weighted by Gasteiger charge is -2.25. The number of aliphatic carboxylic acids is 1. The fourth-order valence-electron chi connectivity index (χ4n) is 3.34. The van der Waals surface area contributed by atoms with Crippen LogP contribution in [0.2, 0.25) is 0 Å². The summed E-state index contributed by atoms with van der Waals surface area (Å²) in [6.45, 7) is 1.39. The molecule has 0 radical (unpaired) electrons. The Kier molecular flexibility index (Phi) is 4.89. The molecule has 2 aliphatic rings. The number of likely N-dealkylation sites (tertiary alicyclic amines) is 1. The minimum absolute atomic E-state index is 0.0330. The van der Waals surface area contributed by atoms with E-state index in [-0.39, 0.29) is 24.4 Å². The van der Waals surface area contributed by atoms with Gasteiger partial charge in [-0.05, 0) is 32.0 Å². The number of carbonyl (C=O) groups is 2. The number of fused-ring (bicyclic) bond motifs is 1. The molecule has 3 rings (SSSR count). The van der Waals surface area contributed by atoms with Crippen LogP contribution in [0, 0.1) is 0 Å². The molecule has 7 nitrogen and oxygen atoms in total. The van der Waals surface area contributed by atoms with E-state index in [2.05, 4.69) is 10.2 Å². The fraction of sp³-hybridized carbons (Fsp3) is 0.529. The summed E-state index contributed by atoms with van der Waals surface area (Å²) in [6, 6.07) is 5.45. The Hall–Kier alpha value is -2.28. The van der Waals surface area contributed by atoms with Crippen LogP contribution in [-0.4, -0.2) is 60.8 Å². The molecular formula is C17H22N2O5. The Labute approximate surface area is 140 Å². The highest BCUT2D eigenvalue weighted by Crippen LogP contribution is 2.33. The number of nitrogens with zero attached hydrogens (tertiary/aromatic N) is 1. The highest BCUT2D eigenvalue weighted by Gasteiger charge is 2.32. The number of rotatable bonds is 5. The predicted octanol–water partition coefficient (Wildman–Crippen LogP) is 1.13. The van der Waals surface area contributed by atoms with E-state index in [0.717, 1.165) is 12.8 Å². The second kappa shape index (κ2) is 7.09. The van der Waals surface area contributed by atoms with E-state index in [1.54, 1.807) is 18.2 Å². The average Bonchev–Trinajstić information content (AvgIpc) is 2.91. The molecule has 1 aromatic carbocycles. The number of amides is 1. The van der Waals surface area contributed by atoms with E-state index in [0.29, 0.717) is 36.8 Å². The van der Waals surface area contributed by atoms with Crippen molar-refractivity contribution in [1.29, 1.82) is 0 Å². The topological polar surface area (TPSA) is 88.1 Å². The minimum atomic E-state index is -0.787. The molecule has 1 aromatic rings. The zero-order chi connectivity index (χ0) is 17.1. The Morgan fingerprint density at radius 3 is 2.79 bits per heavy atom. The summed E-state index contributed by atoms with van der Waals surface area (Å²) in [4.78, 5) is 25.4. The number of ether oxygens (including phenoxy) is 2. The third-order valence-corrected chi connectivity index (χ3v) is 4.70. The zero-order valence-corrected chi connectivity index (χ0v) is 13.7. The zero-order valence-electron chi connectivity index (χ0n) is 13.7. The van der Waals surface area contributed by atoms with E-state index in [9.17, 15) is 9.59 Å². The number of carboxylic acids is 1. The maximum Gasteiger partial charge on any atom is 0.304 e. The molecule has 2 N–H and O–H groups in total. The minimum Gasteiger partial charge on any atom is -0.486 e. The number of benzene rings is 1. The van der Waals surface area contributed by atoms with E-state index in [4.69, 9.17) is 14.6 Å². The lowest BCUT2D eigenvalue weighted by atomic mass is 10.1. The van der Waals surface area contributed by atoms with Crippen LogP contribution in [0.5, 0.6) is 11.5 Å². The van der Waals surface area contributed by atoms with Crippen LogP contribution in [-0.2, 0) is 4.79 Å². The summed E-state index contributed by atoms with van der Waals surface area (Å²) >= 11 is 0. The molecule has 24 heavy (non-hydrogen) atoms. The van der Waals surface area contributed by atoms with Crippen molar-refractivity contribution in [2.24, 2.45) is 0 Å². The lowest BCUT2D eigenvalue weighted by molar-refractivity contribution is -0.138. The molecule has 0 aromatic heterocycles. The molecule has 1 saturated heterocycles. The maximum atomic E-state index is 12.5. The number of para-hydroxylation sites is 1. The van der Waals surface area contributed by atoms with Gasteiger partial charge in [0.25, 0.3) is 5.91 Å². The van der Waals surface area contributed by atoms with Gasteiger partial charge < -0.3 is 19.9 Å². The first-order valence-corrected chi connectivity index (χ1v) is 8.17. The summed E-state index contributed by atoms with van der Waals surface area (Å²) in [6.07, 6.45) is 1.85. The first-order valence-electron chi connectivity index (χ1n) is 8.17. The van der Waals surface area contributed by atoms with Crippen LogP contribution in [0.25, 0.3) is 0 Å². The summed E-state index contributed by atoms with van der Waals surface area (Å²) in [7, 11) is 1.92. The maximum absolute atomic E-state index is 12.5. The fourth-order valence-corrected chi connectivity index (χ4v) is 3.34. The lowest BCUT2D eigenvalue weighted by Crippen LogP contribution is -2.41. The van der Waals surface area contributed by atoms with Gasteiger partial charge in [0.05, 0.1) is 12.0 Å². The molecule has 7 heteroatoms. The monoisotopic (exact) mass is 334 g/mol. The highest BCUT2D eigenvalue weighted by atomic mass is 16.6. The standard InChI is InChI=1S/C17H22N2O5/c1-19-11(9-15(20)21)5-6-12(19)10-18-17(22)13-3-2-4-14-16(13)24-8-7-23-14/h2-4,11-12H,5-10H2,1H3,(H,18,22)(H,20,21)/t11-,12+/m1/s1. The van der Waals surface area contributed by atoms with Gasteiger partial charge in [-0.3, -0.25) is 14.5 Å². The van der Waals surface area contributed by atoms with Gasteiger partial charge in [0, 0.05) is 18.6 Å². The molecule has 130 valence electrons. The van der Waals surface area contributed by atoms with E-state index < -0.39 is 5.97 Å². The van der Waals surface area contributed by atoms with E-state index >= 15 is 0 Å². The van der Waals surface area contributed by atoms with Gasteiger partial charge in [-0.1, -0.05) is 6.07 Å². The molecule has 0 spiro atoms. The summed E-state index contributed by atoms with van der Waals surface area (Å²) < 4.78 is 11.1. The molecule has 1 fully saturated rings. The molecule has 2 atom stereocenters. The van der Waals surface area contributed by atoms with Gasteiger partial charge >= 0.3 is 5.97 Å². The molecule has 0 unspecified atom stereocenters. The quantitative estimate of drug-likeness (QED) is 0.839. The average molecular weight is 334 g/mol. The van der Waals surface area contributed by atoms with Crippen LogP contribution in [0.4, 0.5) is 0 Å². The van der Waals surface area contributed by atoms with Crippen LogP contribution in [0.15, 0.2) is 18.2 Å². The van der Waals surface area contributed by atoms with Crippen molar-refractivity contribution in [2.45, 2.75) is 31.3 Å². The number of hydrogen-bond acceptors (Lipinski definition) is 5. The number of likely N-dealkylation sites (N-methyl/N-ethyl adjacent to an activating group) is 1. The van der Waals surface area contributed by atoms with Crippen LogP contribution in [0.1, 0.15) is 29.6 Å². The number of carboxylic acid groups (broad SMARTS) is 1. The van der Waals surface area contributed by atoms with Crippen molar-refractivity contribution in [3.63, 3.8) is 0 Å².